The number of Topliss-reactive ketones (excluding diaryl/α,β-unsaturated/α-hetero) is 1. The average molecular weight is 193 g/mol. The Balaban J connectivity index is 2.63. The van der Waals surface area contributed by atoms with E-state index < -0.39 is 5.92 Å². The van der Waals surface area contributed by atoms with Crippen molar-refractivity contribution in [3.8, 4) is 12.3 Å². The van der Waals surface area contributed by atoms with Crippen LogP contribution in [0.4, 0.5) is 0 Å². The van der Waals surface area contributed by atoms with Crippen molar-refractivity contribution in [3.63, 3.8) is 0 Å². The fourth-order valence-corrected chi connectivity index (χ4v) is 1.77. The highest BCUT2D eigenvalue weighted by Gasteiger charge is 2.37. The van der Waals surface area contributed by atoms with Crippen molar-refractivity contribution in [2.75, 3.05) is 13.6 Å². The molecule has 1 aliphatic rings. The lowest BCUT2D eigenvalue weighted by Gasteiger charge is -2.17. The zero-order valence-corrected chi connectivity index (χ0v) is 8.62. The number of amides is 1. The first kappa shape index (κ1) is 10.8. The number of carbonyl (C=O) groups excluding carboxylic acids is 2. The van der Waals surface area contributed by atoms with E-state index >= 15 is 0 Å². The Bertz CT molecular complexity index is 290. The van der Waals surface area contributed by atoms with Crippen molar-refractivity contribution in [2.24, 2.45) is 11.8 Å². The molecule has 1 saturated carbocycles. The van der Waals surface area contributed by atoms with Gasteiger partial charge in [0, 0.05) is 13.0 Å². The summed E-state index contributed by atoms with van der Waals surface area (Å²) in [4.78, 5) is 24.7. The number of ketones is 1. The second-order valence-corrected chi connectivity index (χ2v) is 3.83. The summed E-state index contributed by atoms with van der Waals surface area (Å²) in [6, 6.07) is 0. The van der Waals surface area contributed by atoms with E-state index in [2.05, 4.69) is 5.92 Å². The van der Waals surface area contributed by atoms with E-state index in [9.17, 15) is 9.59 Å². The molecule has 1 rings (SSSR count). The smallest absolute Gasteiger partial charge is 0.233 e. The zero-order chi connectivity index (χ0) is 10.7. The minimum atomic E-state index is -0.441. The molecule has 2 atom stereocenters. The third-order valence-electron chi connectivity index (χ3n) is 2.72. The topological polar surface area (TPSA) is 37.4 Å². The van der Waals surface area contributed by atoms with Gasteiger partial charge in [0.05, 0.1) is 12.5 Å². The molecule has 0 aliphatic heterocycles. The van der Waals surface area contributed by atoms with Gasteiger partial charge >= 0.3 is 0 Å². The van der Waals surface area contributed by atoms with Crippen LogP contribution in [0.5, 0.6) is 0 Å². The predicted octanol–water partition coefficient (Wildman–Crippen LogP) is 0.693. The highest BCUT2D eigenvalue weighted by Crippen LogP contribution is 2.27. The fraction of sp³-hybridized carbons (Fsp3) is 0.636. The van der Waals surface area contributed by atoms with E-state index in [0.717, 1.165) is 6.42 Å². The van der Waals surface area contributed by atoms with Gasteiger partial charge in [-0.15, -0.1) is 6.42 Å². The Morgan fingerprint density at radius 3 is 2.71 bits per heavy atom. The van der Waals surface area contributed by atoms with Crippen LogP contribution in [0, 0.1) is 24.2 Å². The maximum atomic E-state index is 11.7. The first-order valence-corrected chi connectivity index (χ1v) is 4.80. The Morgan fingerprint density at radius 2 is 2.29 bits per heavy atom. The second kappa shape index (κ2) is 4.28. The molecule has 0 aromatic heterocycles. The predicted molar refractivity (Wildman–Crippen MR) is 53.4 cm³/mol. The lowest BCUT2D eigenvalue weighted by atomic mass is 10.0. The molecule has 0 N–H and O–H groups in total. The number of rotatable bonds is 2. The van der Waals surface area contributed by atoms with E-state index in [1.54, 1.807) is 7.05 Å². The molecule has 1 aliphatic carbocycles. The highest BCUT2D eigenvalue weighted by atomic mass is 16.2. The molecule has 0 unspecified atom stereocenters. The third-order valence-corrected chi connectivity index (χ3v) is 2.72. The normalized spacial score (nSPS) is 25.9. The average Bonchev–Trinajstić information content (AvgIpc) is 2.47. The van der Waals surface area contributed by atoms with Gasteiger partial charge in [0.15, 0.2) is 0 Å². The van der Waals surface area contributed by atoms with Crippen LogP contribution in [0.15, 0.2) is 0 Å². The van der Waals surface area contributed by atoms with Crippen LogP contribution in [0.1, 0.15) is 19.8 Å². The minimum Gasteiger partial charge on any atom is -0.334 e. The van der Waals surface area contributed by atoms with E-state index in [1.807, 2.05) is 6.92 Å². The Morgan fingerprint density at radius 1 is 1.64 bits per heavy atom. The SMILES string of the molecule is C#CCN(C)C(=O)[C@@H]1CC[C@@H](C)C1=O. The van der Waals surface area contributed by atoms with Crippen molar-refractivity contribution < 1.29 is 9.59 Å². The van der Waals surface area contributed by atoms with Crippen molar-refractivity contribution >= 4 is 11.7 Å². The molecule has 1 fully saturated rings. The van der Waals surface area contributed by atoms with Crippen LogP contribution in [-0.2, 0) is 9.59 Å². The molecule has 0 bridgehead atoms. The van der Waals surface area contributed by atoms with Gasteiger partial charge in [0.1, 0.15) is 5.78 Å². The number of nitrogens with zero attached hydrogens (tertiary/aromatic N) is 1. The monoisotopic (exact) mass is 193 g/mol. The summed E-state index contributed by atoms with van der Waals surface area (Å²) in [5.74, 6) is 1.92. The largest absolute Gasteiger partial charge is 0.334 e. The molecule has 3 nitrogen and oxygen atoms in total. The Labute approximate surface area is 84.5 Å². The number of terminal acetylenes is 1. The van der Waals surface area contributed by atoms with Crippen LogP contribution in [0.2, 0.25) is 0 Å². The van der Waals surface area contributed by atoms with Gasteiger partial charge in [-0.2, -0.15) is 0 Å². The molecule has 1 amide bonds. The van der Waals surface area contributed by atoms with Gasteiger partial charge in [-0.25, -0.2) is 0 Å². The van der Waals surface area contributed by atoms with Crippen molar-refractivity contribution in [1.29, 1.82) is 0 Å². The summed E-state index contributed by atoms with van der Waals surface area (Å²) in [6.45, 7) is 2.15. The molecular formula is C11H15NO2. The second-order valence-electron chi connectivity index (χ2n) is 3.83. The van der Waals surface area contributed by atoms with Crippen molar-refractivity contribution in [1.82, 2.24) is 4.90 Å². The van der Waals surface area contributed by atoms with E-state index in [4.69, 9.17) is 6.42 Å². The third kappa shape index (κ3) is 1.95. The first-order chi connectivity index (χ1) is 6.57. The fourth-order valence-electron chi connectivity index (χ4n) is 1.77. The molecule has 0 aromatic carbocycles. The summed E-state index contributed by atoms with van der Waals surface area (Å²) in [5, 5.41) is 0. The van der Waals surface area contributed by atoms with E-state index in [-0.39, 0.29) is 24.2 Å². The first-order valence-electron chi connectivity index (χ1n) is 4.80. The lowest BCUT2D eigenvalue weighted by Crippen LogP contribution is -2.35. The zero-order valence-electron chi connectivity index (χ0n) is 8.62. The van der Waals surface area contributed by atoms with Gasteiger partial charge in [-0.1, -0.05) is 12.8 Å². The molecule has 0 saturated heterocycles. The van der Waals surface area contributed by atoms with Crippen molar-refractivity contribution in [3.05, 3.63) is 0 Å². The van der Waals surface area contributed by atoms with Gasteiger partial charge in [0.25, 0.3) is 0 Å². The van der Waals surface area contributed by atoms with Crippen LogP contribution < -0.4 is 0 Å². The van der Waals surface area contributed by atoms with Crippen molar-refractivity contribution in [2.45, 2.75) is 19.8 Å². The Hall–Kier alpha value is -1.30. The summed E-state index contributed by atoms with van der Waals surface area (Å²) in [6.07, 6.45) is 6.59. The molecule has 0 heterocycles. The van der Waals surface area contributed by atoms with E-state index in [1.165, 1.54) is 4.90 Å². The molecular weight excluding hydrogens is 178 g/mol. The molecule has 0 aromatic rings. The molecule has 0 spiro atoms. The number of hydrogen-bond acceptors (Lipinski definition) is 2. The standard InChI is InChI=1S/C11H15NO2/c1-4-7-12(3)11(14)9-6-5-8(2)10(9)13/h1,8-9H,5-7H2,2-3H3/t8-,9-/m1/s1. The Kier molecular flexibility index (Phi) is 3.29. The van der Waals surface area contributed by atoms with Gasteiger partial charge in [-0.3, -0.25) is 9.59 Å². The van der Waals surface area contributed by atoms with Crippen LogP contribution in [-0.4, -0.2) is 30.2 Å². The minimum absolute atomic E-state index is 0.0307. The summed E-state index contributed by atoms with van der Waals surface area (Å²) in [5.41, 5.74) is 0. The molecule has 76 valence electrons. The lowest BCUT2D eigenvalue weighted by molar-refractivity contribution is -0.139. The number of carbonyl (C=O) groups is 2. The summed E-state index contributed by atoms with van der Waals surface area (Å²) in [7, 11) is 1.64. The molecule has 14 heavy (non-hydrogen) atoms. The summed E-state index contributed by atoms with van der Waals surface area (Å²) < 4.78 is 0. The molecule has 3 heteroatoms. The van der Waals surface area contributed by atoms with E-state index in [0.29, 0.717) is 6.42 Å². The van der Waals surface area contributed by atoms with Gasteiger partial charge in [0.2, 0.25) is 5.91 Å². The van der Waals surface area contributed by atoms with Crippen LogP contribution >= 0.6 is 0 Å². The quantitative estimate of drug-likeness (QED) is 0.478. The maximum absolute atomic E-state index is 11.7. The van der Waals surface area contributed by atoms with Crippen LogP contribution in [0.25, 0.3) is 0 Å². The summed E-state index contributed by atoms with van der Waals surface area (Å²) >= 11 is 0. The van der Waals surface area contributed by atoms with Crippen LogP contribution in [0.3, 0.4) is 0 Å². The number of hydrogen-bond donors (Lipinski definition) is 0. The molecule has 0 radical (unpaired) electrons. The van der Waals surface area contributed by atoms with Gasteiger partial charge < -0.3 is 4.90 Å². The maximum Gasteiger partial charge on any atom is 0.233 e. The highest BCUT2D eigenvalue weighted by molar-refractivity contribution is 6.03. The van der Waals surface area contributed by atoms with Gasteiger partial charge in [-0.05, 0) is 12.8 Å².